The molecule has 1 aromatic rings. The first-order valence-electron chi connectivity index (χ1n) is 5.32. The molecule has 16 heavy (non-hydrogen) atoms. The SMILES string of the molecule is COCCCC(N)Cc1cccc(Cl)c1F. The van der Waals surface area contributed by atoms with Crippen LogP contribution in [0.25, 0.3) is 0 Å². The van der Waals surface area contributed by atoms with E-state index in [2.05, 4.69) is 0 Å². The van der Waals surface area contributed by atoms with E-state index >= 15 is 0 Å². The normalized spacial score (nSPS) is 12.8. The summed E-state index contributed by atoms with van der Waals surface area (Å²) in [6.07, 6.45) is 2.22. The first kappa shape index (κ1) is 13.4. The number of halogens is 2. The minimum absolute atomic E-state index is 0.0527. The van der Waals surface area contributed by atoms with E-state index in [-0.39, 0.29) is 16.9 Å². The molecule has 0 amide bonds. The Hall–Kier alpha value is -0.640. The van der Waals surface area contributed by atoms with Gasteiger partial charge in [-0.2, -0.15) is 0 Å². The number of methoxy groups -OCH3 is 1. The van der Waals surface area contributed by atoms with Crippen molar-refractivity contribution in [1.82, 2.24) is 0 Å². The largest absolute Gasteiger partial charge is 0.385 e. The van der Waals surface area contributed by atoms with Crippen LogP contribution in [-0.2, 0) is 11.2 Å². The van der Waals surface area contributed by atoms with E-state index < -0.39 is 0 Å². The highest BCUT2D eigenvalue weighted by Crippen LogP contribution is 2.19. The van der Waals surface area contributed by atoms with Gasteiger partial charge in [-0.05, 0) is 30.9 Å². The molecule has 0 fully saturated rings. The van der Waals surface area contributed by atoms with Gasteiger partial charge in [0.1, 0.15) is 5.82 Å². The first-order valence-corrected chi connectivity index (χ1v) is 5.70. The molecule has 0 aliphatic carbocycles. The standard InChI is InChI=1S/C12H17ClFNO/c1-16-7-3-5-10(15)8-9-4-2-6-11(13)12(9)14/h2,4,6,10H,3,5,7-8,15H2,1H3. The third-order valence-electron chi connectivity index (χ3n) is 2.44. The zero-order chi connectivity index (χ0) is 12.0. The molecular formula is C12H17ClFNO. The zero-order valence-corrected chi connectivity index (χ0v) is 10.1. The topological polar surface area (TPSA) is 35.2 Å². The summed E-state index contributed by atoms with van der Waals surface area (Å²) in [5, 5.41) is 0.154. The molecule has 1 rings (SSSR count). The molecular weight excluding hydrogens is 229 g/mol. The van der Waals surface area contributed by atoms with Gasteiger partial charge in [0, 0.05) is 19.8 Å². The van der Waals surface area contributed by atoms with E-state index in [0.29, 0.717) is 18.6 Å². The average molecular weight is 246 g/mol. The van der Waals surface area contributed by atoms with Crippen LogP contribution in [0.1, 0.15) is 18.4 Å². The summed E-state index contributed by atoms with van der Waals surface area (Å²) < 4.78 is 18.5. The van der Waals surface area contributed by atoms with E-state index in [1.54, 1.807) is 19.2 Å². The van der Waals surface area contributed by atoms with Gasteiger partial charge in [0.15, 0.2) is 0 Å². The lowest BCUT2D eigenvalue weighted by molar-refractivity contribution is 0.190. The Morgan fingerprint density at radius 2 is 2.25 bits per heavy atom. The van der Waals surface area contributed by atoms with Crippen LogP contribution in [0.3, 0.4) is 0 Å². The van der Waals surface area contributed by atoms with Crippen molar-refractivity contribution in [3.8, 4) is 0 Å². The van der Waals surface area contributed by atoms with Gasteiger partial charge in [-0.3, -0.25) is 0 Å². The molecule has 0 saturated heterocycles. The Morgan fingerprint density at radius 3 is 2.94 bits per heavy atom. The number of ether oxygens (including phenoxy) is 1. The van der Waals surface area contributed by atoms with Crippen LogP contribution in [0.2, 0.25) is 5.02 Å². The summed E-state index contributed by atoms with van der Waals surface area (Å²) >= 11 is 5.69. The summed E-state index contributed by atoms with van der Waals surface area (Å²) in [6, 6.07) is 4.94. The number of benzene rings is 1. The molecule has 90 valence electrons. The maximum Gasteiger partial charge on any atom is 0.145 e. The number of rotatable bonds is 6. The number of hydrogen-bond acceptors (Lipinski definition) is 2. The Morgan fingerprint density at radius 1 is 1.50 bits per heavy atom. The lowest BCUT2D eigenvalue weighted by Crippen LogP contribution is -2.23. The smallest absolute Gasteiger partial charge is 0.145 e. The van der Waals surface area contributed by atoms with Gasteiger partial charge in [-0.1, -0.05) is 23.7 Å². The van der Waals surface area contributed by atoms with Gasteiger partial charge in [-0.25, -0.2) is 4.39 Å². The molecule has 4 heteroatoms. The second-order valence-electron chi connectivity index (χ2n) is 3.81. The van der Waals surface area contributed by atoms with Gasteiger partial charge < -0.3 is 10.5 Å². The van der Waals surface area contributed by atoms with Crippen molar-refractivity contribution in [2.75, 3.05) is 13.7 Å². The highest BCUT2D eigenvalue weighted by molar-refractivity contribution is 6.30. The molecule has 1 atom stereocenters. The summed E-state index contributed by atoms with van der Waals surface area (Å²) in [7, 11) is 1.65. The van der Waals surface area contributed by atoms with Gasteiger partial charge in [0.25, 0.3) is 0 Å². The lowest BCUT2D eigenvalue weighted by Gasteiger charge is -2.12. The van der Waals surface area contributed by atoms with Crippen LogP contribution in [0.15, 0.2) is 18.2 Å². The molecule has 0 radical (unpaired) electrons. The summed E-state index contributed by atoms with van der Waals surface area (Å²) in [5.41, 5.74) is 6.48. The fraction of sp³-hybridized carbons (Fsp3) is 0.500. The van der Waals surface area contributed by atoms with E-state index in [4.69, 9.17) is 22.1 Å². The monoisotopic (exact) mass is 245 g/mol. The Kier molecular flexibility index (Phi) is 5.74. The van der Waals surface area contributed by atoms with Crippen molar-refractivity contribution in [3.05, 3.63) is 34.6 Å². The molecule has 1 unspecified atom stereocenters. The van der Waals surface area contributed by atoms with Crippen LogP contribution >= 0.6 is 11.6 Å². The average Bonchev–Trinajstić information content (AvgIpc) is 2.25. The Labute approximate surface area is 101 Å². The van der Waals surface area contributed by atoms with Crippen LogP contribution in [0.4, 0.5) is 4.39 Å². The molecule has 2 nitrogen and oxygen atoms in total. The maximum atomic E-state index is 13.5. The number of nitrogens with two attached hydrogens (primary N) is 1. The van der Waals surface area contributed by atoms with Crippen molar-refractivity contribution >= 4 is 11.6 Å². The van der Waals surface area contributed by atoms with Gasteiger partial charge >= 0.3 is 0 Å². The third-order valence-corrected chi connectivity index (χ3v) is 2.73. The van der Waals surface area contributed by atoms with Crippen molar-refractivity contribution < 1.29 is 9.13 Å². The third kappa shape index (κ3) is 4.08. The van der Waals surface area contributed by atoms with E-state index in [0.717, 1.165) is 12.8 Å². The highest BCUT2D eigenvalue weighted by atomic mass is 35.5. The molecule has 1 aromatic carbocycles. The predicted molar refractivity (Wildman–Crippen MR) is 64.2 cm³/mol. The summed E-state index contributed by atoms with van der Waals surface area (Å²) in [6.45, 7) is 0.686. The zero-order valence-electron chi connectivity index (χ0n) is 9.38. The van der Waals surface area contributed by atoms with Crippen LogP contribution < -0.4 is 5.73 Å². The van der Waals surface area contributed by atoms with Gasteiger partial charge in [0.2, 0.25) is 0 Å². The molecule has 0 aliphatic heterocycles. The molecule has 0 aromatic heterocycles. The molecule has 0 saturated carbocycles. The van der Waals surface area contributed by atoms with E-state index in [1.165, 1.54) is 6.07 Å². The molecule has 0 aliphatic rings. The van der Waals surface area contributed by atoms with Crippen molar-refractivity contribution in [2.45, 2.75) is 25.3 Å². The number of hydrogen-bond donors (Lipinski definition) is 1. The minimum atomic E-state index is -0.355. The van der Waals surface area contributed by atoms with E-state index in [1.807, 2.05) is 0 Å². The highest BCUT2D eigenvalue weighted by Gasteiger charge is 2.10. The van der Waals surface area contributed by atoms with Gasteiger partial charge in [0.05, 0.1) is 5.02 Å². The first-order chi connectivity index (χ1) is 7.65. The summed E-state index contributed by atoms with van der Waals surface area (Å²) in [5.74, 6) is -0.355. The Bertz CT molecular complexity index is 333. The second kappa shape index (κ2) is 6.84. The maximum absolute atomic E-state index is 13.5. The predicted octanol–water partition coefficient (Wildman–Crippen LogP) is 2.78. The van der Waals surface area contributed by atoms with Crippen molar-refractivity contribution in [2.24, 2.45) is 5.73 Å². The van der Waals surface area contributed by atoms with Crippen LogP contribution in [0.5, 0.6) is 0 Å². The van der Waals surface area contributed by atoms with Crippen LogP contribution in [0, 0.1) is 5.82 Å². The second-order valence-corrected chi connectivity index (χ2v) is 4.22. The van der Waals surface area contributed by atoms with E-state index in [9.17, 15) is 4.39 Å². The minimum Gasteiger partial charge on any atom is -0.385 e. The fourth-order valence-corrected chi connectivity index (χ4v) is 1.77. The fourth-order valence-electron chi connectivity index (χ4n) is 1.58. The van der Waals surface area contributed by atoms with Crippen LogP contribution in [-0.4, -0.2) is 19.8 Å². The molecule has 2 N–H and O–H groups in total. The quantitative estimate of drug-likeness (QED) is 0.783. The van der Waals surface area contributed by atoms with Crippen molar-refractivity contribution in [1.29, 1.82) is 0 Å². The Balaban J connectivity index is 2.49. The lowest BCUT2D eigenvalue weighted by atomic mass is 10.0. The molecule has 0 bridgehead atoms. The summed E-state index contributed by atoms with van der Waals surface area (Å²) in [4.78, 5) is 0. The van der Waals surface area contributed by atoms with Gasteiger partial charge in [-0.15, -0.1) is 0 Å². The molecule has 0 heterocycles. The van der Waals surface area contributed by atoms with Crippen molar-refractivity contribution in [3.63, 3.8) is 0 Å². The molecule has 0 spiro atoms.